The normalized spacial score (nSPS) is 21.9. The summed E-state index contributed by atoms with van der Waals surface area (Å²) < 4.78 is 26.1. The fourth-order valence-corrected chi connectivity index (χ4v) is 5.42. The van der Waals surface area contributed by atoms with Crippen molar-refractivity contribution in [2.24, 2.45) is 11.0 Å². The number of hydrogen-bond donors (Lipinski definition) is 0. The Hall–Kier alpha value is -3.97. The van der Waals surface area contributed by atoms with Gasteiger partial charge in [0.15, 0.2) is 0 Å². The maximum atomic E-state index is 9.54. The van der Waals surface area contributed by atoms with Crippen LogP contribution in [0.25, 0.3) is 10.4 Å². The Morgan fingerprint density at radius 1 is 0.548 bits per heavy atom. The first-order valence-electron chi connectivity index (χ1n) is 14.4. The Bertz CT molecular complexity index is 1370. The van der Waals surface area contributed by atoms with Crippen LogP contribution in [0, 0.1) is 5.92 Å². The fourth-order valence-electron chi connectivity index (χ4n) is 5.42. The van der Waals surface area contributed by atoms with E-state index in [2.05, 4.69) is 22.2 Å². The van der Waals surface area contributed by atoms with E-state index in [1.807, 2.05) is 109 Å². The SMILES string of the molecule is [N-]=[N+]=N[C@H]1C[C@H](COCc2ccccc2)[C@@H](OCc2ccccc2)[C@H](OCc2ccccc2)[C@H]1OCc1ccccc1. The molecule has 4 aromatic carbocycles. The van der Waals surface area contributed by atoms with E-state index in [1.165, 1.54) is 0 Å². The number of ether oxygens (including phenoxy) is 4. The lowest BCUT2D eigenvalue weighted by molar-refractivity contribution is -0.199. The van der Waals surface area contributed by atoms with E-state index in [-0.39, 0.29) is 12.0 Å². The lowest BCUT2D eigenvalue weighted by Crippen LogP contribution is -2.57. The minimum atomic E-state index is -0.504. The first-order chi connectivity index (χ1) is 20.8. The Morgan fingerprint density at radius 2 is 0.952 bits per heavy atom. The van der Waals surface area contributed by atoms with E-state index in [1.54, 1.807) is 0 Å². The summed E-state index contributed by atoms with van der Waals surface area (Å²) in [6.45, 7) is 2.08. The van der Waals surface area contributed by atoms with Crippen molar-refractivity contribution in [3.05, 3.63) is 154 Å². The smallest absolute Gasteiger partial charge is 0.111 e. The molecule has 0 unspecified atom stereocenters. The van der Waals surface area contributed by atoms with Gasteiger partial charge in [0.05, 0.1) is 51.3 Å². The highest BCUT2D eigenvalue weighted by Gasteiger charge is 2.47. The van der Waals surface area contributed by atoms with Gasteiger partial charge in [0.2, 0.25) is 0 Å². The molecule has 42 heavy (non-hydrogen) atoms. The number of nitrogens with zero attached hydrogens (tertiary/aromatic N) is 3. The van der Waals surface area contributed by atoms with Crippen LogP contribution in [0.4, 0.5) is 0 Å². The van der Waals surface area contributed by atoms with Gasteiger partial charge < -0.3 is 18.9 Å². The average Bonchev–Trinajstić information content (AvgIpc) is 3.05. The lowest BCUT2D eigenvalue weighted by atomic mass is 9.79. The number of hydrogen-bond acceptors (Lipinski definition) is 5. The summed E-state index contributed by atoms with van der Waals surface area (Å²) in [6.07, 6.45) is -0.790. The molecule has 0 radical (unpaired) electrons. The molecule has 0 saturated heterocycles. The van der Waals surface area contributed by atoms with Crippen molar-refractivity contribution in [3.8, 4) is 0 Å². The molecule has 1 aliphatic carbocycles. The first kappa shape index (κ1) is 29.5. The molecule has 0 aromatic heterocycles. The van der Waals surface area contributed by atoms with Gasteiger partial charge in [-0.15, -0.1) is 0 Å². The van der Waals surface area contributed by atoms with E-state index >= 15 is 0 Å². The molecule has 0 spiro atoms. The van der Waals surface area contributed by atoms with E-state index in [9.17, 15) is 5.53 Å². The van der Waals surface area contributed by atoms with Crippen LogP contribution in [0.3, 0.4) is 0 Å². The van der Waals surface area contributed by atoms with Crippen molar-refractivity contribution in [1.82, 2.24) is 0 Å². The first-order valence-corrected chi connectivity index (χ1v) is 14.4. The van der Waals surface area contributed by atoms with Crippen LogP contribution in [0.5, 0.6) is 0 Å². The predicted molar refractivity (Wildman–Crippen MR) is 162 cm³/mol. The third kappa shape index (κ3) is 8.52. The second-order valence-electron chi connectivity index (χ2n) is 10.6. The molecule has 1 saturated carbocycles. The molecule has 5 rings (SSSR count). The maximum Gasteiger partial charge on any atom is 0.111 e. The van der Waals surface area contributed by atoms with Crippen LogP contribution in [-0.2, 0) is 45.4 Å². The van der Waals surface area contributed by atoms with Crippen LogP contribution in [0.15, 0.2) is 126 Å². The standard InChI is InChI=1S/C35H37N3O4/c36-38-37-32-21-31(26-39-22-27-13-5-1-6-14-27)33(40-23-28-15-7-2-8-16-28)35(42-25-30-19-11-4-12-20-30)34(32)41-24-29-17-9-3-10-18-29/h1-20,31-35H,21-26H2/t31-,32+,33-,34+,35+/m1/s1. The average molecular weight is 564 g/mol. The summed E-state index contributed by atoms with van der Waals surface area (Å²) in [4.78, 5) is 3.21. The third-order valence-corrected chi connectivity index (χ3v) is 7.53. The number of rotatable bonds is 14. The minimum Gasteiger partial charge on any atom is -0.376 e. The molecule has 7 nitrogen and oxygen atoms in total. The van der Waals surface area contributed by atoms with E-state index < -0.39 is 18.2 Å². The summed E-state index contributed by atoms with van der Waals surface area (Å²) in [5.41, 5.74) is 13.8. The molecule has 0 heterocycles. The largest absolute Gasteiger partial charge is 0.376 e. The topological polar surface area (TPSA) is 85.7 Å². The summed E-state index contributed by atoms with van der Waals surface area (Å²) in [5.74, 6) is -0.0785. The van der Waals surface area contributed by atoms with E-state index in [0.717, 1.165) is 22.3 Å². The van der Waals surface area contributed by atoms with Crippen LogP contribution in [0.1, 0.15) is 28.7 Å². The minimum absolute atomic E-state index is 0.0785. The lowest BCUT2D eigenvalue weighted by Gasteiger charge is -2.45. The van der Waals surface area contributed by atoms with Crippen molar-refractivity contribution < 1.29 is 18.9 Å². The van der Waals surface area contributed by atoms with Gasteiger partial charge in [0.25, 0.3) is 0 Å². The predicted octanol–water partition coefficient (Wildman–Crippen LogP) is 7.66. The summed E-state index contributed by atoms with van der Waals surface area (Å²) in [5, 5.41) is 4.22. The molecule has 1 aliphatic rings. The van der Waals surface area contributed by atoms with Crippen LogP contribution < -0.4 is 0 Å². The van der Waals surface area contributed by atoms with Crippen molar-refractivity contribution in [2.75, 3.05) is 6.61 Å². The molecule has 216 valence electrons. The van der Waals surface area contributed by atoms with Crippen molar-refractivity contribution in [2.45, 2.75) is 57.2 Å². The van der Waals surface area contributed by atoms with Crippen molar-refractivity contribution in [1.29, 1.82) is 0 Å². The molecular weight excluding hydrogens is 526 g/mol. The van der Waals surface area contributed by atoms with Crippen LogP contribution in [0.2, 0.25) is 0 Å². The van der Waals surface area contributed by atoms with Crippen LogP contribution in [-0.4, -0.2) is 31.0 Å². The Kier molecular flexibility index (Phi) is 11.2. The second-order valence-corrected chi connectivity index (χ2v) is 10.6. The summed E-state index contributed by atoms with van der Waals surface area (Å²) >= 11 is 0. The Balaban J connectivity index is 1.41. The van der Waals surface area contributed by atoms with E-state index in [0.29, 0.717) is 39.5 Å². The summed E-state index contributed by atoms with van der Waals surface area (Å²) in [6, 6.07) is 39.8. The highest BCUT2D eigenvalue weighted by molar-refractivity contribution is 5.16. The van der Waals surface area contributed by atoms with Gasteiger partial charge >= 0.3 is 0 Å². The van der Waals surface area contributed by atoms with Crippen molar-refractivity contribution >= 4 is 0 Å². The summed E-state index contributed by atoms with van der Waals surface area (Å²) in [7, 11) is 0. The monoisotopic (exact) mass is 563 g/mol. The highest BCUT2D eigenvalue weighted by Crippen LogP contribution is 2.36. The third-order valence-electron chi connectivity index (χ3n) is 7.53. The Morgan fingerprint density at radius 3 is 1.40 bits per heavy atom. The van der Waals surface area contributed by atoms with Gasteiger partial charge in [-0.05, 0) is 34.2 Å². The van der Waals surface area contributed by atoms with Gasteiger partial charge in [-0.3, -0.25) is 0 Å². The molecule has 0 aliphatic heterocycles. The van der Waals surface area contributed by atoms with Gasteiger partial charge in [0, 0.05) is 10.8 Å². The highest BCUT2D eigenvalue weighted by atomic mass is 16.6. The Labute approximate surface area is 247 Å². The fraction of sp³-hybridized carbons (Fsp3) is 0.314. The maximum absolute atomic E-state index is 9.54. The second kappa shape index (κ2) is 15.9. The van der Waals surface area contributed by atoms with Gasteiger partial charge in [-0.1, -0.05) is 126 Å². The van der Waals surface area contributed by atoms with E-state index in [4.69, 9.17) is 18.9 Å². The van der Waals surface area contributed by atoms with Crippen molar-refractivity contribution in [3.63, 3.8) is 0 Å². The zero-order chi connectivity index (χ0) is 28.8. The molecule has 0 amide bonds. The molecular formula is C35H37N3O4. The molecule has 5 atom stereocenters. The van der Waals surface area contributed by atoms with Gasteiger partial charge in [-0.2, -0.15) is 0 Å². The molecule has 4 aromatic rings. The quantitative estimate of drug-likeness (QED) is 0.0895. The molecule has 7 heteroatoms. The zero-order valence-corrected chi connectivity index (χ0v) is 23.7. The number of azide groups is 1. The van der Waals surface area contributed by atoms with Gasteiger partial charge in [0.1, 0.15) is 6.10 Å². The number of benzene rings is 4. The van der Waals surface area contributed by atoms with Crippen LogP contribution >= 0.6 is 0 Å². The van der Waals surface area contributed by atoms with Gasteiger partial charge in [-0.25, -0.2) is 0 Å². The molecule has 1 fully saturated rings. The molecule has 0 N–H and O–H groups in total. The zero-order valence-electron chi connectivity index (χ0n) is 23.7. The molecule has 0 bridgehead atoms.